The first-order valence-electron chi connectivity index (χ1n) is 5.55. The van der Waals surface area contributed by atoms with Crippen LogP contribution in [0, 0.1) is 16.0 Å². The third-order valence-corrected chi connectivity index (χ3v) is 4.09. The summed E-state index contributed by atoms with van der Waals surface area (Å²) in [4.78, 5) is 22.3. The zero-order chi connectivity index (χ0) is 13.7. The third kappa shape index (κ3) is 4.38. The molecule has 0 radical (unpaired) electrons. The molecule has 1 N–H and O–H groups in total. The second-order valence-electron chi connectivity index (χ2n) is 4.35. The van der Waals surface area contributed by atoms with Crippen LogP contribution in [0.3, 0.4) is 0 Å². The van der Waals surface area contributed by atoms with Crippen molar-refractivity contribution >= 4 is 38.2 Å². The standard InChI is InChI=1S/C11H15BrN2O3S/c1-7(2)5-8(6-12)13-11(15)9-3-4-10(18-9)14(16)17/h3-4,7-8H,5-6H2,1-2H3,(H,13,15). The topological polar surface area (TPSA) is 72.2 Å². The SMILES string of the molecule is CC(C)CC(CBr)NC(=O)c1ccc([N+](=O)[O-])s1. The monoisotopic (exact) mass is 334 g/mol. The second kappa shape index (κ2) is 6.84. The average Bonchev–Trinajstić information content (AvgIpc) is 2.76. The van der Waals surface area contributed by atoms with Crippen molar-refractivity contribution in [3.8, 4) is 0 Å². The number of carbonyl (C=O) groups excluding carboxylic acids is 1. The van der Waals surface area contributed by atoms with E-state index in [0.717, 1.165) is 17.8 Å². The van der Waals surface area contributed by atoms with Crippen molar-refractivity contribution in [1.82, 2.24) is 5.32 Å². The van der Waals surface area contributed by atoms with Gasteiger partial charge in [0.05, 0.1) is 9.80 Å². The summed E-state index contributed by atoms with van der Waals surface area (Å²) < 4.78 is 0. The Morgan fingerprint density at radius 3 is 2.67 bits per heavy atom. The molecule has 0 aromatic carbocycles. The normalized spacial score (nSPS) is 12.4. The van der Waals surface area contributed by atoms with Gasteiger partial charge < -0.3 is 5.32 Å². The van der Waals surface area contributed by atoms with Crippen LogP contribution in [0.2, 0.25) is 0 Å². The molecule has 0 saturated heterocycles. The molecule has 7 heteroatoms. The number of nitrogens with zero attached hydrogens (tertiary/aromatic N) is 1. The number of hydrogen-bond acceptors (Lipinski definition) is 4. The van der Waals surface area contributed by atoms with Crippen molar-refractivity contribution in [3.05, 3.63) is 27.1 Å². The van der Waals surface area contributed by atoms with E-state index in [0.29, 0.717) is 16.1 Å². The van der Waals surface area contributed by atoms with Crippen molar-refractivity contribution in [2.24, 2.45) is 5.92 Å². The van der Waals surface area contributed by atoms with Crippen LogP contribution in [0.5, 0.6) is 0 Å². The summed E-state index contributed by atoms with van der Waals surface area (Å²) in [6.45, 7) is 4.16. The Balaban J connectivity index is 2.65. The molecule has 0 aliphatic rings. The molecule has 1 atom stereocenters. The highest BCUT2D eigenvalue weighted by Crippen LogP contribution is 2.24. The molecule has 0 aliphatic heterocycles. The van der Waals surface area contributed by atoms with E-state index in [1.54, 1.807) is 0 Å². The number of nitro groups is 1. The number of alkyl halides is 1. The van der Waals surface area contributed by atoms with Gasteiger partial charge in [-0.2, -0.15) is 0 Å². The largest absolute Gasteiger partial charge is 0.348 e. The van der Waals surface area contributed by atoms with Crippen LogP contribution >= 0.6 is 27.3 Å². The van der Waals surface area contributed by atoms with E-state index < -0.39 is 4.92 Å². The summed E-state index contributed by atoms with van der Waals surface area (Å²) in [6, 6.07) is 2.88. The van der Waals surface area contributed by atoms with Gasteiger partial charge in [0, 0.05) is 17.4 Å². The van der Waals surface area contributed by atoms with E-state index >= 15 is 0 Å². The zero-order valence-electron chi connectivity index (χ0n) is 10.2. The molecule has 18 heavy (non-hydrogen) atoms. The van der Waals surface area contributed by atoms with E-state index in [4.69, 9.17) is 0 Å². The second-order valence-corrected chi connectivity index (χ2v) is 6.06. The molecule has 0 bridgehead atoms. The van der Waals surface area contributed by atoms with Gasteiger partial charge in [0.15, 0.2) is 0 Å². The first-order valence-corrected chi connectivity index (χ1v) is 7.49. The van der Waals surface area contributed by atoms with Gasteiger partial charge in [-0.15, -0.1) is 0 Å². The number of nitrogens with one attached hydrogen (secondary N) is 1. The summed E-state index contributed by atoms with van der Waals surface area (Å²) in [6.07, 6.45) is 0.866. The van der Waals surface area contributed by atoms with Gasteiger partial charge in [-0.3, -0.25) is 14.9 Å². The Bertz CT molecular complexity index is 434. The lowest BCUT2D eigenvalue weighted by Gasteiger charge is -2.17. The Kier molecular flexibility index (Phi) is 5.74. The molecule has 0 aliphatic carbocycles. The van der Waals surface area contributed by atoms with Crippen LogP contribution in [0.4, 0.5) is 5.00 Å². The summed E-state index contributed by atoms with van der Waals surface area (Å²) >= 11 is 4.25. The van der Waals surface area contributed by atoms with Crippen LogP contribution in [0.15, 0.2) is 12.1 Å². The molecule has 1 unspecified atom stereocenters. The minimum absolute atomic E-state index is 0.0144. The Labute approximate surface area is 118 Å². The Morgan fingerprint density at radius 1 is 1.56 bits per heavy atom. The maximum atomic E-state index is 11.9. The van der Waals surface area contributed by atoms with Crippen LogP contribution in [0.25, 0.3) is 0 Å². The van der Waals surface area contributed by atoms with E-state index in [1.807, 2.05) is 0 Å². The lowest BCUT2D eigenvalue weighted by Crippen LogP contribution is -2.36. The first kappa shape index (κ1) is 15.1. The Hall–Kier alpha value is -0.950. The van der Waals surface area contributed by atoms with Gasteiger partial charge in [-0.05, 0) is 18.4 Å². The minimum Gasteiger partial charge on any atom is -0.348 e. The fourth-order valence-corrected chi connectivity index (χ4v) is 2.68. The van der Waals surface area contributed by atoms with E-state index in [9.17, 15) is 14.9 Å². The van der Waals surface area contributed by atoms with E-state index in [1.165, 1.54) is 12.1 Å². The molecule has 1 aromatic heterocycles. The summed E-state index contributed by atoms with van der Waals surface area (Å²) in [7, 11) is 0. The minimum atomic E-state index is -0.489. The molecular weight excluding hydrogens is 320 g/mol. The molecule has 0 spiro atoms. The summed E-state index contributed by atoms with van der Waals surface area (Å²) in [5.74, 6) is 0.226. The van der Waals surface area contributed by atoms with Crippen LogP contribution < -0.4 is 5.32 Å². The fourth-order valence-electron chi connectivity index (χ4n) is 1.53. The molecule has 1 aromatic rings. The number of carbonyl (C=O) groups is 1. The van der Waals surface area contributed by atoms with Crippen molar-refractivity contribution < 1.29 is 9.72 Å². The summed E-state index contributed by atoms with van der Waals surface area (Å²) in [5, 5.41) is 14.1. The van der Waals surface area contributed by atoms with Gasteiger partial charge in [-0.25, -0.2) is 0 Å². The van der Waals surface area contributed by atoms with Crippen molar-refractivity contribution in [2.75, 3.05) is 5.33 Å². The van der Waals surface area contributed by atoms with Crippen molar-refractivity contribution in [2.45, 2.75) is 26.3 Å². The van der Waals surface area contributed by atoms with Crippen molar-refractivity contribution in [3.63, 3.8) is 0 Å². The molecule has 0 saturated carbocycles. The smallest absolute Gasteiger partial charge is 0.324 e. The average molecular weight is 335 g/mol. The lowest BCUT2D eigenvalue weighted by molar-refractivity contribution is -0.380. The predicted octanol–water partition coefficient (Wildman–Crippen LogP) is 3.20. The first-order chi connectivity index (χ1) is 8.43. The Morgan fingerprint density at radius 2 is 2.22 bits per heavy atom. The maximum absolute atomic E-state index is 11.9. The quantitative estimate of drug-likeness (QED) is 0.493. The van der Waals surface area contributed by atoms with Gasteiger partial charge in [0.2, 0.25) is 0 Å². The van der Waals surface area contributed by atoms with Gasteiger partial charge in [-0.1, -0.05) is 41.1 Å². The molecule has 100 valence electrons. The summed E-state index contributed by atoms with van der Waals surface area (Å²) in [5.41, 5.74) is 0. The number of rotatable bonds is 6. The van der Waals surface area contributed by atoms with E-state index in [2.05, 4.69) is 35.1 Å². The van der Waals surface area contributed by atoms with Gasteiger partial charge in [0.1, 0.15) is 0 Å². The highest BCUT2D eigenvalue weighted by molar-refractivity contribution is 9.09. The molecule has 0 fully saturated rings. The zero-order valence-corrected chi connectivity index (χ0v) is 12.6. The predicted molar refractivity (Wildman–Crippen MR) is 75.5 cm³/mol. The number of halogens is 1. The van der Waals surface area contributed by atoms with Crippen LogP contribution in [0.1, 0.15) is 29.9 Å². The van der Waals surface area contributed by atoms with Crippen molar-refractivity contribution in [1.29, 1.82) is 0 Å². The molecular formula is C11H15BrN2O3S. The molecule has 1 heterocycles. The van der Waals surface area contributed by atoms with Gasteiger partial charge >= 0.3 is 5.00 Å². The number of thiophene rings is 1. The van der Waals surface area contributed by atoms with E-state index in [-0.39, 0.29) is 17.0 Å². The molecule has 1 amide bonds. The highest BCUT2D eigenvalue weighted by Gasteiger charge is 2.18. The lowest BCUT2D eigenvalue weighted by atomic mass is 10.1. The fraction of sp³-hybridized carbons (Fsp3) is 0.545. The van der Waals surface area contributed by atoms with Crippen LogP contribution in [-0.4, -0.2) is 22.2 Å². The highest BCUT2D eigenvalue weighted by atomic mass is 79.9. The van der Waals surface area contributed by atoms with Gasteiger partial charge in [0.25, 0.3) is 5.91 Å². The van der Waals surface area contributed by atoms with Crippen LogP contribution in [-0.2, 0) is 0 Å². The molecule has 1 rings (SSSR count). The third-order valence-electron chi connectivity index (χ3n) is 2.27. The number of hydrogen-bond donors (Lipinski definition) is 1. The number of amides is 1. The molecule has 5 nitrogen and oxygen atoms in total. The maximum Gasteiger partial charge on any atom is 0.324 e.